The first-order valence-electron chi connectivity index (χ1n) is 5.92. The predicted octanol–water partition coefficient (Wildman–Crippen LogP) is 0.358. The maximum atomic E-state index is 11.6. The summed E-state index contributed by atoms with van der Waals surface area (Å²) in [7, 11) is 2.74. The number of benzene rings is 1. The fraction of sp³-hybridized carbons (Fsp3) is 0.286. The second-order valence-corrected chi connectivity index (χ2v) is 3.88. The number of aliphatic hydroxyl groups is 1. The number of hydrogen-bond acceptors (Lipinski definition) is 5. The summed E-state index contributed by atoms with van der Waals surface area (Å²) in [6, 6.07) is 6.07. The lowest BCUT2D eigenvalue weighted by Crippen LogP contribution is -2.43. The first-order chi connectivity index (χ1) is 9.60. The lowest BCUT2D eigenvalue weighted by Gasteiger charge is -2.11. The highest BCUT2D eigenvalue weighted by Crippen LogP contribution is 2.13. The molecule has 1 unspecified atom stereocenters. The van der Waals surface area contributed by atoms with Crippen LogP contribution in [0.4, 0.5) is 0 Å². The van der Waals surface area contributed by atoms with Crippen LogP contribution in [-0.2, 0) is 14.3 Å². The van der Waals surface area contributed by atoms with Crippen molar-refractivity contribution in [2.24, 2.45) is 0 Å². The number of amides is 1. The molecule has 0 heterocycles. The van der Waals surface area contributed by atoms with Crippen molar-refractivity contribution in [2.75, 3.05) is 20.8 Å². The molecule has 6 heteroatoms. The summed E-state index contributed by atoms with van der Waals surface area (Å²) in [5, 5.41) is 11.3. The molecule has 1 aromatic rings. The fourth-order valence-electron chi connectivity index (χ4n) is 1.46. The van der Waals surface area contributed by atoms with Crippen LogP contribution < -0.4 is 10.1 Å². The Hall–Kier alpha value is -2.34. The minimum absolute atomic E-state index is 0.503. The van der Waals surface area contributed by atoms with Crippen molar-refractivity contribution >= 4 is 18.0 Å². The molecule has 1 rings (SSSR count). The number of rotatable bonds is 6. The molecule has 0 saturated heterocycles. The maximum Gasteiger partial charge on any atom is 0.330 e. The molecule has 0 aliphatic carbocycles. The average molecular weight is 279 g/mol. The first kappa shape index (κ1) is 15.7. The van der Waals surface area contributed by atoms with Crippen LogP contribution >= 0.6 is 0 Å². The van der Waals surface area contributed by atoms with Gasteiger partial charge in [-0.05, 0) is 23.8 Å². The van der Waals surface area contributed by atoms with Crippen LogP contribution in [0.15, 0.2) is 30.3 Å². The normalized spacial score (nSPS) is 11.9. The molecule has 1 atom stereocenters. The van der Waals surface area contributed by atoms with Crippen LogP contribution in [0.5, 0.6) is 5.75 Å². The highest BCUT2D eigenvalue weighted by Gasteiger charge is 2.18. The molecule has 0 bridgehead atoms. The van der Waals surface area contributed by atoms with Gasteiger partial charge < -0.3 is 19.9 Å². The summed E-state index contributed by atoms with van der Waals surface area (Å²) in [4.78, 5) is 22.8. The van der Waals surface area contributed by atoms with Gasteiger partial charge in [0.05, 0.1) is 20.8 Å². The molecule has 0 saturated carbocycles. The van der Waals surface area contributed by atoms with Gasteiger partial charge in [-0.15, -0.1) is 0 Å². The molecule has 0 aliphatic heterocycles. The zero-order valence-electron chi connectivity index (χ0n) is 11.3. The molecule has 0 aliphatic rings. The first-order valence-corrected chi connectivity index (χ1v) is 5.92. The predicted molar refractivity (Wildman–Crippen MR) is 73.1 cm³/mol. The molecule has 1 amide bonds. The summed E-state index contributed by atoms with van der Waals surface area (Å²) in [5.41, 5.74) is 0.776. The number of ether oxygens (including phenoxy) is 2. The minimum atomic E-state index is -1.07. The number of esters is 1. The van der Waals surface area contributed by atoms with Crippen molar-refractivity contribution in [1.29, 1.82) is 0 Å². The Balaban J connectivity index is 2.64. The van der Waals surface area contributed by atoms with Crippen LogP contribution in [0, 0.1) is 0 Å². The Kier molecular flexibility index (Phi) is 6.25. The second kappa shape index (κ2) is 7.96. The van der Waals surface area contributed by atoms with E-state index in [2.05, 4.69) is 10.1 Å². The van der Waals surface area contributed by atoms with Crippen LogP contribution in [0.2, 0.25) is 0 Å². The van der Waals surface area contributed by atoms with Crippen LogP contribution in [0.25, 0.3) is 6.08 Å². The molecule has 1 aromatic carbocycles. The molecule has 20 heavy (non-hydrogen) atoms. The standard InChI is InChI=1S/C14H17NO5/c1-19-11-5-3-4-10(8-11)6-7-13(17)15-12(9-16)14(18)20-2/h3-8,12,16H,9H2,1-2H3,(H,15,17)/b7-6+. The maximum absolute atomic E-state index is 11.6. The van der Waals surface area contributed by atoms with Gasteiger partial charge in [0.25, 0.3) is 0 Å². The number of nitrogens with one attached hydrogen (secondary N) is 1. The van der Waals surface area contributed by atoms with Gasteiger partial charge in [0.15, 0.2) is 6.04 Å². The molecule has 6 nitrogen and oxygen atoms in total. The van der Waals surface area contributed by atoms with Gasteiger partial charge in [-0.1, -0.05) is 12.1 Å². The van der Waals surface area contributed by atoms with E-state index in [-0.39, 0.29) is 0 Å². The van der Waals surface area contributed by atoms with Crippen LogP contribution in [0.1, 0.15) is 5.56 Å². The van der Waals surface area contributed by atoms with Gasteiger partial charge in [0.2, 0.25) is 5.91 Å². The van der Waals surface area contributed by atoms with E-state index >= 15 is 0 Å². The number of methoxy groups -OCH3 is 2. The molecule has 108 valence electrons. The van der Waals surface area contributed by atoms with E-state index in [1.54, 1.807) is 37.5 Å². The Bertz CT molecular complexity index is 498. The lowest BCUT2D eigenvalue weighted by molar-refractivity contribution is -0.145. The fourth-order valence-corrected chi connectivity index (χ4v) is 1.46. The van der Waals surface area contributed by atoms with E-state index < -0.39 is 24.5 Å². The smallest absolute Gasteiger partial charge is 0.330 e. The summed E-state index contributed by atoms with van der Waals surface area (Å²) in [5.74, 6) is -0.525. The van der Waals surface area contributed by atoms with E-state index in [0.29, 0.717) is 5.75 Å². The van der Waals surface area contributed by atoms with Crippen molar-refractivity contribution in [3.05, 3.63) is 35.9 Å². The van der Waals surface area contributed by atoms with Crippen LogP contribution in [0.3, 0.4) is 0 Å². The number of hydrogen-bond donors (Lipinski definition) is 2. The Morgan fingerprint density at radius 1 is 1.40 bits per heavy atom. The van der Waals surface area contributed by atoms with Gasteiger partial charge in [0.1, 0.15) is 5.75 Å². The number of carbonyl (C=O) groups is 2. The summed E-state index contributed by atoms with van der Waals surface area (Å²) in [6.07, 6.45) is 2.84. The quantitative estimate of drug-likeness (QED) is 0.580. The van der Waals surface area contributed by atoms with Crippen molar-refractivity contribution in [3.8, 4) is 5.75 Å². The van der Waals surface area contributed by atoms with E-state index in [1.165, 1.54) is 13.2 Å². The Labute approximate surface area is 117 Å². The van der Waals surface area contributed by atoms with Gasteiger partial charge >= 0.3 is 5.97 Å². The van der Waals surface area contributed by atoms with Crippen molar-refractivity contribution in [2.45, 2.75) is 6.04 Å². The van der Waals surface area contributed by atoms with E-state index in [4.69, 9.17) is 9.84 Å². The third-order valence-corrected chi connectivity index (χ3v) is 2.51. The lowest BCUT2D eigenvalue weighted by atomic mass is 10.2. The third-order valence-electron chi connectivity index (χ3n) is 2.51. The van der Waals surface area contributed by atoms with Crippen molar-refractivity contribution in [3.63, 3.8) is 0 Å². The number of carbonyl (C=O) groups excluding carboxylic acids is 2. The highest BCUT2D eigenvalue weighted by molar-refractivity contribution is 5.94. The molecule has 0 spiro atoms. The summed E-state index contributed by atoms with van der Waals surface area (Å²) < 4.78 is 9.50. The topological polar surface area (TPSA) is 84.9 Å². The minimum Gasteiger partial charge on any atom is -0.497 e. The van der Waals surface area contributed by atoms with E-state index in [1.807, 2.05) is 0 Å². The third kappa shape index (κ3) is 4.74. The van der Waals surface area contributed by atoms with Gasteiger partial charge in [0, 0.05) is 6.08 Å². The second-order valence-electron chi connectivity index (χ2n) is 3.88. The van der Waals surface area contributed by atoms with E-state index in [9.17, 15) is 9.59 Å². The zero-order chi connectivity index (χ0) is 15.0. The highest BCUT2D eigenvalue weighted by atomic mass is 16.5. The van der Waals surface area contributed by atoms with Gasteiger partial charge in [-0.3, -0.25) is 4.79 Å². The Morgan fingerprint density at radius 2 is 2.15 bits per heavy atom. The Morgan fingerprint density at radius 3 is 2.75 bits per heavy atom. The summed E-state index contributed by atoms with van der Waals surface area (Å²) >= 11 is 0. The largest absolute Gasteiger partial charge is 0.497 e. The van der Waals surface area contributed by atoms with Crippen LogP contribution in [-0.4, -0.2) is 43.9 Å². The molecule has 0 radical (unpaired) electrons. The summed E-state index contributed by atoms with van der Waals surface area (Å²) in [6.45, 7) is -0.522. The number of aliphatic hydroxyl groups excluding tert-OH is 1. The van der Waals surface area contributed by atoms with E-state index in [0.717, 1.165) is 5.56 Å². The molecule has 0 fully saturated rings. The average Bonchev–Trinajstić information content (AvgIpc) is 2.50. The molecule has 0 aromatic heterocycles. The molecule has 2 N–H and O–H groups in total. The monoisotopic (exact) mass is 279 g/mol. The molecular weight excluding hydrogens is 262 g/mol. The molecular formula is C14H17NO5. The van der Waals surface area contributed by atoms with Crippen molar-refractivity contribution in [1.82, 2.24) is 5.32 Å². The van der Waals surface area contributed by atoms with Gasteiger partial charge in [-0.2, -0.15) is 0 Å². The zero-order valence-corrected chi connectivity index (χ0v) is 11.3. The van der Waals surface area contributed by atoms with Gasteiger partial charge in [-0.25, -0.2) is 4.79 Å². The van der Waals surface area contributed by atoms with Crippen molar-refractivity contribution < 1.29 is 24.2 Å². The SMILES string of the molecule is COC(=O)C(CO)NC(=O)/C=C/c1cccc(OC)c1.